The van der Waals surface area contributed by atoms with Gasteiger partial charge in [0, 0.05) is 23.4 Å². The van der Waals surface area contributed by atoms with Crippen molar-refractivity contribution in [3.05, 3.63) is 70.8 Å². The second-order valence-corrected chi connectivity index (χ2v) is 8.70. The molecule has 2 atom stereocenters. The second kappa shape index (κ2) is 7.90. The maximum Gasteiger partial charge on any atom is 0.260 e. The predicted octanol–water partition coefficient (Wildman–Crippen LogP) is 3.46. The molecule has 2 aliphatic rings. The number of hydrogen-bond donors (Lipinski definition) is 2. The Morgan fingerprint density at radius 2 is 2.12 bits per heavy atom. The lowest BCUT2D eigenvalue weighted by Crippen LogP contribution is -2.41. The average molecular weight is 448 g/mol. The van der Waals surface area contributed by atoms with Gasteiger partial charge in [0.1, 0.15) is 23.0 Å². The van der Waals surface area contributed by atoms with E-state index < -0.39 is 17.5 Å². The van der Waals surface area contributed by atoms with E-state index in [1.807, 2.05) is 13.0 Å². The van der Waals surface area contributed by atoms with Gasteiger partial charge in [0.05, 0.1) is 30.6 Å². The number of nitrogens with zero attached hydrogens (tertiary/aromatic N) is 3. The normalized spacial score (nSPS) is 22.0. The van der Waals surface area contributed by atoms with E-state index in [0.29, 0.717) is 40.5 Å². The predicted molar refractivity (Wildman–Crippen MR) is 121 cm³/mol. The molecule has 3 heterocycles. The zero-order valence-electron chi connectivity index (χ0n) is 18.5. The van der Waals surface area contributed by atoms with Gasteiger partial charge < -0.3 is 15.6 Å². The van der Waals surface area contributed by atoms with Crippen molar-refractivity contribution in [1.82, 2.24) is 9.97 Å². The lowest BCUT2D eigenvalue weighted by atomic mass is 9.92. The number of nitrogens with two attached hydrogens (primary N) is 1. The monoisotopic (exact) mass is 448 g/mol. The molecule has 8 heteroatoms. The number of aliphatic hydroxyl groups is 1. The Bertz CT molecular complexity index is 1260. The fourth-order valence-corrected chi connectivity index (χ4v) is 4.88. The van der Waals surface area contributed by atoms with Crippen molar-refractivity contribution >= 4 is 11.7 Å². The number of aryl methyl sites for hydroxylation is 1. The van der Waals surface area contributed by atoms with E-state index in [1.54, 1.807) is 24.3 Å². The third kappa shape index (κ3) is 3.37. The maximum absolute atomic E-state index is 14.8. The Balaban J connectivity index is 1.58. The minimum absolute atomic E-state index is 0.176. The number of ether oxygens (including phenoxy) is 1. The summed E-state index contributed by atoms with van der Waals surface area (Å²) in [4.78, 5) is 23.9. The van der Waals surface area contributed by atoms with E-state index >= 15 is 0 Å². The van der Waals surface area contributed by atoms with Crippen LogP contribution < -0.4 is 15.4 Å². The van der Waals surface area contributed by atoms with Crippen molar-refractivity contribution in [2.45, 2.75) is 44.4 Å². The number of rotatable bonds is 4. The van der Waals surface area contributed by atoms with Crippen molar-refractivity contribution < 1.29 is 19.0 Å². The number of methoxy groups -OCH3 is 1. The van der Waals surface area contributed by atoms with Crippen LogP contribution >= 0.6 is 0 Å². The summed E-state index contributed by atoms with van der Waals surface area (Å²) in [5, 5.41) is 11.2. The summed E-state index contributed by atoms with van der Waals surface area (Å²) < 4.78 is 20.2. The number of hydrogen-bond acceptors (Lipinski definition) is 6. The van der Waals surface area contributed by atoms with Gasteiger partial charge in [-0.25, -0.2) is 9.37 Å². The number of carbonyl (C=O) groups is 1. The van der Waals surface area contributed by atoms with Gasteiger partial charge in [-0.1, -0.05) is 6.07 Å². The number of aromatic nitrogens is 2. The second-order valence-electron chi connectivity index (χ2n) is 8.70. The number of amides is 1. The highest BCUT2D eigenvalue weighted by atomic mass is 19.1. The molecular weight excluding hydrogens is 423 g/mol. The number of pyridine rings is 2. The molecule has 5 rings (SSSR count). The number of anilines is 1. The van der Waals surface area contributed by atoms with Gasteiger partial charge in [0.15, 0.2) is 0 Å². The van der Waals surface area contributed by atoms with Crippen LogP contribution in [0.2, 0.25) is 0 Å². The molecule has 3 aromatic rings. The van der Waals surface area contributed by atoms with Gasteiger partial charge in [0.2, 0.25) is 0 Å². The fourth-order valence-electron chi connectivity index (χ4n) is 4.88. The van der Waals surface area contributed by atoms with Crippen molar-refractivity contribution in [2.24, 2.45) is 5.73 Å². The first-order valence-corrected chi connectivity index (χ1v) is 10.9. The molecule has 1 amide bonds. The summed E-state index contributed by atoms with van der Waals surface area (Å²) in [6.07, 6.45) is 3.56. The summed E-state index contributed by atoms with van der Waals surface area (Å²) >= 11 is 0. The van der Waals surface area contributed by atoms with Gasteiger partial charge >= 0.3 is 0 Å². The van der Waals surface area contributed by atoms with E-state index in [4.69, 9.17) is 10.5 Å². The summed E-state index contributed by atoms with van der Waals surface area (Å²) in [7, 11) is 1.47. The van der Waals surface area contributed by atoms with E-state index in [2.05, 4.69) is 9.97 Å². The Labute approximate surface area is 191 Å². The molecule has 2 aromatic heterocycles. The summed E-state index contributed by atoms with van der Waals surface area (Å²) in [6.45, 7) is 2.07. The first kappa shape index (κ1) is 21.5. The third-order valence-corrected chi connectivity index (χ3v) is 6.64. The number of fused-ring (bicyclic) bond motifs is 1. The van der Waals surface area contributed by atoms with Gasteiger partial charge in [-0.2, -0.15) is 0 Å². The molecule has 1 aliphatic heterocycles. The van der Waals surface area contributed by atoms with Crippen LogP contribution in [0.3, 0.4) is 0 Å². The molecule has 0 saturated heterocycles. The van der Waals surface area contributed by atoms with Crippen LogP contribution in [0, 0.1) is 12.7 Å². The zero-order chi connectivity index (χ0) is 23.3. The topological polar surface area (TPSA) is 102 Å². The summed E-state index contributed by atoms with van der Waals surface area (Å²) in [5.74, 6) is 0.0330. The maximum atomic E-state index is 14.8. The molecule has 170 valence electrons. The van der Waals surface area contributed by atoms with E-state index in [9.17, 15) is 14.3 Å². The Kier molecular flexibility index (Phi) is 5.14. The van der Waals surface area contributed by atoms with Gasteiger partial charge in [-0.3, -0.25) is 14.7 Å². The minimum atomic E-state index is -1.22. The van der Waals surface area contributed by atoms with Crippen molar-refractivity contribution in [2.75, 3.05) is 12.0 Å². The van der Waals surface area contributed by atoms with Crippen LogP contribution in [-0.2, 0) is 12.1 Å². The fraction of sp³-hybridized carbons (Fsp3) is 0.320. The molecule has 1 aliphatic carbocycles. The molecular formula is C25H25FN4O3. The van der Waals surface area contributed by atoms with Crippen molar-refractivity contribution in [1.29, 1.82) is 0 Å². The van der Waals surface area contributed by atoms with Crippen LogP contribution in [0.4, 0.5) is 10.2 Å². The standard InChI is InChI=1S/C25H25FN4O3/c1-14-11-20(25(32)9-4-7-19(25)27)29-21(12-14)30-13-16-15(24(30)31)8-10-28-23(16)22-17(26)5-3-6-18(22)33-2/h3,5-6,8,10-12,19,32H,4,7,9,13,27H2,1-2H3/t19-,25+/m1/s1. The lowest BCUT2D eigenvalue weighted by Gasteiger charge is -2.28. The Morgan fingerprint density at radius 1 is 1.30 bits per heavy atom. The molecule has 0 unspecified atom stereocenters. The minimum Gasteiger partial charge on any atom is -0.496 e. The SMILES string of the molecule is COc1cccc(F)c1-c1nccc2c1CN(c1cc(C)cc([C@]3(O)CCC[C@H]3N)n1)C2=O. The average Bonchev–Trinajstić information content (AvgIpc) is 3.33. The van der Waals surface area contributed by atoms with Crippen LogP contribution in [-0.4, -0.2) is 34.1 Å². The molecule has 1 fully saturated rings. The molecule has 0 spiro atoms. The van der Waals surface area contributed by atoms with Crippen LogP contribution in [0.25, 0.3) is 11.3 Å². The molecule has 33 heavy (non-hydrogen) atoms. The van der Waals surface area contributed by atoms with Crippen LogP contribution in [0.5, 0.6) is 5.75 Å². The van der Waals surface area contributed by atoms with Crippen LogP contribution in [0.1, 0.15) is 46.4 Å². The summed E-state index contributed by atoms with van der Waals surface area (Å²) in [6, 6.07) is 9.41. The molecule has 1 aromatic carbocycles. The Hall–Kier alpha value is -3.36. The number of carbonyl (C=O) groups excluding carboxylic acids is 1. The molecule has 7 nitrogen and oxygen atoms in total. The molecule has 0 radical (unpaired) electrons. The lowest BCUT2D eigenvalue weighted by molar-refractivity contribution is 0.0239. The van der Waals surface area contributed by atoms with E-state index in [1.165, 1.54) is 24.3 Å². The van der Waals surface area contributed by atoms with Crippen molar-refractivity contribution in [3.63, 3.8) is 0 Å². The van der Waals surface area contributed by atoms with Gasteiger partial charge in [-0.15, -0.1) is 0 Å². The van der Waals surface area contributed by atoms with Crippen molar-refractivity contribution in [3.8, 4) is 17.0 Å². The zero-order valence-corrected chi connectivity index (χ0v) is 18.5. The third-order valence-electron chi connectivity index (χ3n) is 6.64. The molecule has 0 bridgehead atoms. The highest BCUT2D eigenvalue weighted by Gasteiger charge is 2.42. The highest BCUT2D eigenvalue weighted by Crippen LogP contribution is 2.41. The number of benzene rings is 1. The first-order chi connectivity index (χ1) is 15.8. The van der Waals surface area contributed by atoms with E-state index in [0.717, 1.165) is 18.4 Å². The van der Waals surface area contributed by atoms with Gasteiger partial charge in [-0.05, 0) is 62.1 Å². The summed E-state index contributed by atoms with van der Waals surface area (Å²) in [5.41, 5.74) is 7.93. The van der Waals surface area contributed by atoms with E-state index in [-0.39, 0.29) is 18.0 Å². The quantitative estimate of drug-likeness (QED) is 0.634. The smallest absolute Gasteiger partial charge is 0.260 e. The molecule has 3 N–H and O–H groups in total. The highest BCUT2D eigenvalue weighted by molar-refractivity contribution is 6.10. The number of halogens is 1. The largest absolute Gasteiger partial charge is 0.496 e. The molecule has 1 saturated carbocycles. The van der Waals surface area contributed by atoms with Crippen LogP contribution in [0.15, 0.2) is 42.6 Å². The first-order valence-electron chi connectivity index (χ1n) is 10.9. The van der Waals surface area contributed by atoms with Gasteiger partial charge in [0.25, 0.3) is 5.91 Å². The Morgan fingerprint density at radius 3 is 2.85 bits per heavy atom.